The Labute approximate surface area is 167 Å². The highest BCUT2D eigenvalue weighted by atomic mass is 19.1. The van der Waals surface area contributed by atoms with Crippen LogP contribution in [0.1, 0.15) is 28.8 Å². The number of ketones is 1. The van der Waals surface area contributed by atoms with Crippen LogP contribution in [0, 0.1) is 11.7 Å². The van der Waals surface area contributed by atoms with E-state index in [-0.39, 0.29) is 22.7 Å². The molecule has 3 aromatic rings. The van der Waals surface area contributed by atoms with Gasteiger partial charge < -0.3 is 9.15 Å². The molecule has 0 amide bonds. The van der Waals surface area contributed by atoms with Gasteiger partial charge in [0.2, 0.25) is 0 Å². The number of methoxy groups -OCH3 is 1. The van der Waals surface area contributed by atoms with Crippen LogP contribution >= 0.6 is 0 Å². The van der Waals surface area contributed by atoms with Crippen LogP contribution in [0.5, 0.6) is 5.75 Å². The van der Waals surface area contributed by atoms with Crippen LogP contribution in [-0.2, 0) is 6.54 Å². The second-order valence-corrected chi connectivity index (χ2v) is 7.37. The number of halogens is 1. The van der Waals surface area contributed by atoms with Gasteiger partial charge in [-0.3, -0.25) is 14.5 Å². The summed E-state index contributed by atoms with van der Waals surface area (Å²) in [6.07, 6.45) is 3.06. The van der Waals surface area contributed by atoms with Gasteiger partial charge in [0.05, 0.1) is 24.3 Å². The van der Waals surface area contributed by atoms with Crippen molar-refractivity contribution in [3.05, 3.63) is 75.9 Å². The summed E-state index contributed by atoms with van der Waals surface area (Å²) in [6, 6.07) is 11.1. The van der Waals surface area contributed by atoms with Gasteiger partial charge in [-0.2, -0.15) is 0 Å². The molecule has 1 aliphatic heterocycles. The van der Waals surface area contributed by atoms with Gasteiger partial charge in [0.15, 0.2) is 11.2 Å². The number of rotatable bonds is 5. The zero-order chi connectivity index (χ0) is 20.4. The molecule has 0 radical (unpaired) electrons. The highest BCUT2D eigenvalue weighted by molar-refractivity contribution is 6.00. The Balaban J connectivity index is 1.53. The molecule has 1 aromatic heterocycles. The third-order valence-electron chi connectivity index (χ3n) is 5.45. The van der Waals surface area contributed by atoms with Crippen molar-refractivity contribution in [3.8, 4) is 5.75 Å². The molecule has 0 spiro atoms. The lowest BCUT2D eigenvalue weighted by Crippen LogP contribution is -2.39. The van der Waals surface area contributed by atoms with E-state index in [1.165, 1.54) is 31.6 Å². The number of carbonyl (C=O) groups is 1. The van der Waals surface area contributed by atoms with Crippen molar-refractivity contribution in [1.82, 2.24) is 4.90 Å². The number of ether oxygens (including phenoxy) is 1. The molecular weight excluding hydrogens is 373 g/mol. The van der Waals surface area contributed by atoms with Gasteiger partial charge in [-0.15, -0.1) is 0 Å². The van der Waals surface area contributed by atoms with Crippen LogP contribution in [0.15, 0.2) is 57.9 Å². The summed E-state index contributed by atoms with van der Waals surface area (Å²) in [5.74, 6) is -0.483. The van der Waals surface area contributed by atoms with E-state index in [2.05, 4.69) is 4.90 Å². The lowest BCUT2D eigenvalue weighted by atomic mass is 9.89. The van der Waals surface area contributed by atoms with Crippen molar-refractivity contribution in [2.75, 3.05) is 20.2 Å². The molecule has 2 aromatic carbocycles. The molecule has 1 atom stereocenters. The minimum Gasteiger partial charge on any atom is -0.496 e. The van der Waals surface area contributed by atoms with Gasteiger partial charge in [-0.05, 0) is 49.7 Å². The minimum absolute atomic E-state index is 0.0490. The second kappa shape index (κ2) is 8.17. The maximum atomic E-state index is 13.7. The van der Waals surface area contributed by atoms with Crippen molar-refractivity contribution < 1.29 is 18.3 Å². The molecule has 6 heteroatoms. The lowest BCUT2D eigenvalue weighted by Gasteiger charge is -2.32. The van der Waals surface area contributed by atoms with E-state index >= 15 is 0 Å². The van der Waals surface area contributed by atoms with E-state index < -0.39 is 5.82 Å². The number of fused-ring (bicyclic) bond motifs is 1. The molecule has 0 bridgehead atoms. The van der Waals surface area contributed by atoms with Gasteiger partial charge in [0.25, 0.3) is 0 Å². The average Bonchev–Trinajstić information content (AvgIpc) is 2.75. The van der Waals surface area contributed by atoms with Crippen LogP contribution in [0.2, 0.25) is 0 Å². The Kier molecular flexibility index (Phi) is 5.45. The fourth-order valence-corrected chi connectivity index (χ4v) is 3.97. The highest BCUT2D eigenvalue weighted by Crippen LogP contribution is 2.27. The second-order valence-electron chi connectivity index (χ2n) is 7.37. The highest BCUT2D eigenvalue weighted by Gasteiger charge is 2.29. The number of hydrogen-bond donors (Lipinski definition) is 0. The standard InChI is InChI=1S/C23H22FNO4/c1-28-20-9-8-17(24)11-19(20)22(26)15-5-4-10-25(12-15)13-16-14-29-21-7-3-2-6-18(21)23(16)27/h2-3,6-9,11,14-15H,4-5,10,12-13H2,1H3/t15-/m0/s1. The SMILES string of the molecule is COc1ccc(F)cc1C(=O)[C@H]1CCCN(Cc2coc3ccccc3c2=O)C1. The lowest BCUT2D eigenvalue weighted by molar-refractivity contribution is 0.0807. The van der Waals surface area contributed by atoms with E-state index in [1.807, 2.05) is 12.1 Å². The van der Waals surface area contributed by atoms with Crippen molar-refractivity contribution >= 4 is 16.8 Å². The molecule has 5 nitrogen and oxygen atoms in total. The summed E-state index contributed by atoms with van der Waals surface area (Å²) < 4.78 is 24.5. The molecule has 2 heterocycles. The molecule has 0 aliphatic carbocycles. The summed E-state index contributed by atoms with van der Waals surface area (Å²) in [7, 11) is 1.47. The van der Waals surface area contributed by atoms with Crippen molar-refractivity contribution in [2.24, 2.45) is 5.92 Å². The molecule has 0 unspecified atom stereocenters. The van der Waals surface area contributed by atoms with Gasteiger partial charge >= 0.3 is 0 Å². The van der Waals surface area contributed by atoms with Crippen molar-refractivity contribution in [1.29, 1.82) is 0 Å². The Morgan fingerprint density at radius 2 is 2.10 bits per heavy atom. The van der Waals surface area contributed by atoms with Crippen LogP contribution in [0.3, 0.4) is 0 Å². The largest absolute Gasteiger partial charge is 0.496 e. The molecule has 29 heavy (non-hydrogen) atoms. The number of hydrogen-bond acceptors (Lipinski definition) is 5. The van der Waals surface area contributed by atoms with E-state index in [1.54, 1.807) is 12.1 Å². The fourth-order valence-electron chi connectivity index (χ4n) is 3.97. The summed E-state index contributed by atoms with van der Waals surface area (Å²) in [5.41, 5.74) is 1.35. The normalized spacial score (nSPS) is 17.4. The predicted molar refractivity (Wildman–Crippen MR) is 108 cm³/mol. The first kappa shape index (κ1) is 19.3. The van der Waals surface area contributed by atoms with Crippen LogP contribution in [0.25, 0.3) is 11.0 Å². The van der Waals surface area contributed by atoms with E-state index in [9.17, 15) is 14.0 Å². The number of Topliss-reactive ketones (excluding diaryl/α,β-unsaturated/α-hetero) is 1. The van der Waals surface area contributed by atoms with E-state index in [4.69, 9.17) is 9.15 Å². The van der Waals surface area contributed by atoms with Gasteiger partial charge in [0.1, 0.15) is 17.1 Å². The quantitative estimate of drug-likeness (QED) is 0.611. The van der Waals surface area contributed by atoms with Crippen LogP contribution < -0.4 is 10.2 Å². The molecular formula is C23H22FNO4. The smallest absolute Gasteiger partial charge is 0.197 e. The molecule has 4 rings (SSSR count). The maximum absolute atomic E-state index is 13.7. The molecule has 0 saturated carbocycles. The van der Waals surface area contributed by atoms with Gasteiger partial charge in [-0.25, -0.2) is 4.39 Å². The van der Waals surface area contributed by atoms with Crippen LogP contribution in [-0.4, -0.2) is 30.9 Å². The summed E-state index contributed by atoms with van der Waals surface area (Å²) in [5, 5.41) is 0.555. The zero-order valence-corrected chi connectivity index (χ0v) is 16.2. The third-order valence-corrected chi connectivity index (χ3v) is 5.45. The molecule has 150 valence electrons. The van der Waals surface area contributed by atoms with E-state index in [0.717, 1.165) is 19.4 Å². The fraction of sp³-hybridized carbons (Fsp3) is 0.304. The summed E-state index contributed by atoms with van der Waals surface area (Å²) in [6.45, 7) is 1.71. The number of piperidine rings is 1. The monoisotopic (exact) mass is 395 g/mol. The number of carbonyl (C=O) groups excluding carboxylic acids is 1. The van der Waals surface area contributed by atoms with Crippen molar-refractivity contribution in [3.63, 3.8) is 0 Å². The number of para-hydroxylation sites is 1. The van der Waals surface area contributed by atoms with Gasteiger partial charge in [0, 0.05) is 24.6 Å². The maximum Gasteiger partial charge on any atom is 0.197 e. The topological polar surface area (TPSA) is 59.8 Å². The third kappa shape index (κ3) is 3.93. The van der Waals surface area contributed by atoms with Gasteiger partial charge in [-0.1, -0.05) is 12.1 Å². The first-order chi connectivity index (χ1) is 14.1. The van der Waals surface area contributed by atoms with Crippen molar-refractivity contribution in [2.45, 2.75) is 19.4 Å². The number of nitrogens with zero attached hydrogens (tertiary/aromatic N) is 1. The summed E-state index contributed by atoms with van der Waals surface area (Å²) in [4.78, 5) is 27.8. The Bertz CT molecular complexity index is 1110. The number of benzene rings is 2. The number of likely N-dealkylation sites (tertiary alicyclic amines) is 1. The Morgan fingerprint density at radius 1 is 1.28 bits per heavy atom. The first-order valence-electron chi connectivity index (χ1n) is 9.66. The minimum atomic E-state index is -0.462. The Hall–Kier alpha value is -2.99. The average molecular weight is 395 g/mol. The summed E-state index contributed by atoms with van der Waals surface area (Å²) >= 11 is 0. The first-order valence-corrected chi connectivity index (χ1v) is 9.66. The molecule has 1 aliphatic rings. The van der Waals surface area contributed by atoms with E-state index in [0.29, 0.717) is 35.4 Å². The predicted octanol–water partition coefficient (Wildman–Crippen LogP) is 4.04. The van der Waals surface area contributed by atoms with Crippen LogP contribution in [0.4, 0.5) is 4.39 Å². The molecule has 1 saturated heterocycles. The zero-order valence-electron chi connectivity index (χ0n) is 16.2. The molecule has 1 fully saturated rings. The Morgan fingerprint density at radius 3 is 2.93 bits per heavy atom. The molecule has 0 N–H and O–H groups in total.